The van der Waals surface area contributed by atoms with Gasteiger partial charge in [-0.25, -0.2) is 0 Å². The lowest BCUT2D eigenvalue weighted by Crippen LogP contribution is -1.53. The summed E-state index contributed by atoms with van der Waals surface area (Å²) in [7, 11) is 5.75. The molecule has 0 N–H and O–H groups in total. The molecule has 1 atom stereocenters. The zero-order valence-corrected chi connectivity index (χ0v) is 5.89. The van der Waals surface area contributed by atoms with Crippen molar-refractivity contribution in [3.63, 3.8) is 0 Å². The topological polar surface area (TPSA) is 0 Å². The van der Waals surface area contributed by atoms with Crippen LogP contribution in [0.4, 0.5) is 0 Å². The van der Waals surface area contributed by atoms with Gasteiger partial charge in [-0.15, -0.1) is 18.1 Å². The molecule has 0 aromatic rings. The lowest BCUT2D eigenvalue weighted by molar-refractivity contribution is 1.72. The molecule has 0 aromatic heterocycles. The van der Waals surface area contributed by atoms with Crippen molar-refractivity contribution in [2.45, 2.75) is 6.92 Å². The summed E-state index contributed by atoms with van der Waals surface area (Å²) < 4.78 is 0. The highest BCUT2D eigenvalue weighted by Crippen LogP contribution is 1.98. The third kappa shape index (κ3) is 4.34. The fourth-order valence-corrected chi connectivity index (χ4v) is 0.683. The Kier molecular flexibility index (Phi) is 3.73. The van der Waals surface area contributed by atoms with Gasteiger partial charge in [0.1, 0.15) is 0 Å². The van der Waals surface area contributed by atoms with E-state index in [0.717, 1.165) is 0 Å². The molecule has 0 rings (SSSR count). The van der Waals surface area contributed by atoms with Gasteiger partial charge in [0.25, 0.3) is 0 Å². The quantitative estimate of drug-likeness (QED) is 0.460. The minimum Gasteiger partial charge on any atom is -0.122 e. The molecule has 0 nitrogen and oxygen atoms in total. The Balaban J connectivity index is 3.41. The molecule has 0 bridgehead atoms. The monoisotopic (exact) mass is 118 g/mol. The van der Waals surface area contributed by atoms with E-state index in [4.69, 9.17) is 0 Å². The van der Waals surface area contributed by atoms with Gasteiger partial charge in [-0.2, -0.15) is 0 Å². The van der Waals surface area contributed by atoms with Gasteiger partial charge in [0, 0.05) is 0 Å². The minimum atomic E-state index is 1.23. The van der Waals surface area contributed by atoms with Crippen molar-refractivity contribution >= 4 is 23.9 Å². The van der Waals surface area contributed by atoms with Crippen LogP contribution in [-0.4, -0.2) is 5.80 Å². The van der Waals surface area contributed by atoms with Gasteiger partial charge < -0.3 is 0 Å². The van der Waals surface area contributed by atoms with E-state index in [0.29, 0.717) is 0 Å². The van der Waals surface area contributed by atoms with E-state index < -0.39 is 0 Å². The molecule has 0 aliphatic heterocycles. The number of allylic oxidation sites excluding steroid dienone is 2. The first-order valence-electron chi connectivity index (χ1n) is 1.70. The summed E-state index contributed by atoms with van der Waals surface area (Å²) in [6, 6.07) is 0. The van der Waals surface area contributed by atoms with Crippen LogP contribution < -0.4 is 0 Å². The normalized spacial score (nSPS) is 11.3. The smallest absolute Gasteiger partial charge is 0.0398 e. The first-order valence-corrected chi connectivity index (χ1v) is 2.85. The lowest BCUT2D eigenvalue weighted by atomic mass is 10.6. The fourth-order valence-electron chi connectivity index (χ4n) is 0.131. The maximum absolute atomic E-state index is 3.18. The second-order valence-electron chi connectivity index (χ2n) is 1.08. The summed E-state index contributed by atoms with van der Waals surface area (Å²) in [5.74, 6) is 1.82. The van der Waals surface area contributed by atoms with Crippen LogP contribution in [-0.2, 0) is 0 Å². The molecule has 0 spiro atoms. The average Bonchev–Trinajstić information content (AvgIpc) is 1.35. The van der Waals surface area contributed by atoms with E-state index in [-0.39, 0.29) is 0 Å². The first kappa shape index (κ1) is 6.34. The van der Waals surface area contributed by atoms with Crippen LogP contribution in [0.15, 0.2) is 11.4 Å². The maximum Gasteiger partial charge on any atom is -0.0398 e. The largest absolute Gasteiger partial charge is 0.122 e. The van der Waals surface area contributed by atoms with Crippen molar-refractivity contribution < 1.29 is 0 Å². The summed E-state index contributed by atoms with van der Waals surface area (Å²) in [5.41, 5.74) is 0. The Morgan fingerprint density at radius 1 is 1.83 bits per heavy atom. The van der Waals surface area contributed by atoms with E-state index in [1.54, 1.807) is 0 Å². The van der Waals surface area contributed by atoms with Crippen LogP contribution in [0.25, 0.3) is 0 Å². The van der Waals surface area contributed by atoms with Gasteiger partial charge in [0.05, 0.1) is 0 Å². The number of hydrogen-bond donors (Lipinski definition) is 0. The molecule has 0 aromatic carbocycles. The predicted molar refractivity (Wildman–Crippen MR) is 37.8 cm³/mol. The van der Waals surface area contributed by atoms with E-state index >= 15 is 0 Å². The molecule has 0 aliphatic carbocycles. The summed E-state index contributed by atoms with van der Waals surface area (Å²) in [4.78, 5) is 0. The van der Waals surface area contributed by atoms with Gasteiger partial charge >= 0.3 is 0 Å². The van der Waals surface area contributed by atoms with Gasteiger partial charge in [-0.3, -0.25) is 0 Å². The van der Waals surface area contributed by atoms with Crippen LogP contribution in [0, 0.1) is 0 Å². The van der Waals surface area contributed by atoms with E-state index in [9.17, 15) is 0 Å². The highest BCUT2D eigenvalue weighted by atomic mass is 31.0. The Hall–Kier alpha value is 0.340. The second-order valence-corrected chi connectivity index (χ2v) is 2.32. The van der Waals surface area contributed by atoms with Crippen LogP contribution in [0.3, 0.4) is 0 Å². The Bertz CT molecular complexity index is 69.6. The molecular weight excluding hydrogens is 110 g/mol. The number of hydrogen-bond acceptors (Lipinski definition) is 0. The molecule has 0 amide bonds. The van der Waals surface area contributed by atoms with Crippen LogP contribution >= 0.6 is 18.1 Å². The predicted octanol–water partition coefficient (Wildman–Crippen LogP) is 1.71. The number of rotatable bonds is 1. The Labute approximate surface area is 43.1 Å². The van der Waals surface area contributed by atoms with Crippen molar-refractivity contribution in [3.05, 3.63) is 11.4 Å². The highest BCUT2D eigenvalue weighted by molar-refractivity contribution is 7.23. The first-order chi connectivity index (χ1) is 2.77. The van der Waals surface area contributed by atoms with Crippen LogP contribution in [0.1, 0.15) is 6.92 Å². The Morgan fingerprint density at radius 2 is 2.33 bits per heavy atom. The standard InChI is InChI=1S/C4H8P2/c1-4(6)2-3-5/h2-3,5H,6H2,1H3/b4-2+. The SMILES string of the molecule is C/C(P)=C\C=P. The minimum absolute atomic E-state index is 1.23. The van der Waals surface area contributed by atoms with Gasteiger partial charge in [0.2, 0.25) is 0 Å². The van der Waals surface area contributed by atoms with Crippen molar-refractivity contribution in [1.82, 2.24) is 0 Å². The van der Waals surface area contributed by atoms with Crippen molar-refractivity contribution in [2.24, 2.45) is 0 Å². The summed E-state index contributed by atoms with van der Waals surface area (Å²) in [5, 5.41) is 1.23. The van der Waals surface area contributed by atoms with Crippen LogP contribution in [0.2, 0.25) is 0 Å². The zero-order chi connectivity index (χ0) is 4.99. The van der Waals surface area contributed by atoms with Gasteiger partial charge in [-0.1, -0.05) is 11.4 Å². The third-order valence-electron chi connectivity index (χ3n) is 0.346. The molecule has 6 heavy (non-hydrogen) atoms. The molecule has 0 heterocycles. The molecule has 1 unspecified atom stereocenters. The molecule has 0 saturated carbocycles. The molecule has 2 heteroatoms. The van der Waals surface area contributed by atoms with Crippen molar-refractivity contribution in [3.8, 4) is 0 Å². The molecular formula is C4H8P2. The van der Waals surface area contributed by atoms with Gasteiger partial charge in [-0.05, 0) is 12.7 Å². The molecule has 0 saturated heterocycles. The summed E-state index contributed by atoms with van der Waals surface area (Å²) in [6.45, 7) is 2.02. The summed E-state index contributed by atoms with van der Waals surface area (Å²) >= 11 is 0. The highest BCUT2D eigenvalue weighted by Gasteiger charge is 1.64. The van der Waals surface area contributed by atoms with E-state index in [2.05, 4.69) is 18.1 Å². The second kappa shape index (κ2) is 3.53. The third-order valence-corrected chi connectivity index (χ3v) is 0.705. The van der Waals surface area contributed by atoms with Crippen LogP contribution in [0.5, 0.6) is 0 Å². The van der Waals surface area contributed by atoms with Crippen molar-refractivity contribution in [2.75, 3.05) is 0 Å². The van der Waals surface area contributed by atoms with Crippen molar-refractivity contribution in [1.29, 1.82) is 0 Å². The van der Waals surface area contributed by atoms with Gasteiger partial charge in [0.15, 0.2) is 0 Å². The molecule has 0 fully saturated rings. The van der Waals surface area contributed by atoms with E-state index in [1.807, 2.05) is 18.8 Å². The lowest BCUT2D eigenvalue weighted by Gasteiger charge is -1.75. The molecule has 34 valence electrons. The summed E-state index contributed by atoms with van der Waals surface area (Å²) in [6.07, 6.45) is 1.96. The van der Waals surface area contributed by atoms with E-state index in [1.165, 1.54) is 5.31 Å². The maximum atomic E-state index is 3.18. The Morgan fingerprint density at radius 3 is 2.33 bits per heavy atom. The zero-order valence-electron chi connectivity index (χ0n) is 3.73. The molecule has 0 radical (unpaired) electrons. The fraction of sp³-hybridized carbons (Fsp3) is 0.250. The molecule has 0 aliphatic rings. The average molecular weight is 118 g/mol.